The average Bonchev–Trinajstić information content (AvgIpc) is 3.55. The number of hydrogen-bond acceptors (Lipinski definition) is 10. The number of pyridine rings is 1. The molecule has 4 rings (SSSR count). The first kappa shape index (κ1) is 22.2. The van der Waals surface area contributed by atoms with Crippen LogP contribution < -0.4 is 10.1 Å². The molecule has 0 aromatic carbocycles. The van der Waals surface area contributed by atoms with Crippen molar-refractivity contribution < 1.29 is 17.9 Å². The molecular weight excluding hydrogens is 452 g/mol. The highest BCUT2D eigenvalue weighted by Gasteiger charge is 2.37. The molecule has 0 bridgehead atoms. The molecule has 1 fully saturated rings. The number of sulfone groups is 1. The smallest absolute Gasteiger partial charge is 0.282 e. The predicted molar refractivity (Wildman–Crippen MR) is 117 cm³/mol. The third-order valence-corrected chi connectivity index (χ3v) is 8.06. The Morgan fingerprint density at radius 2 is 2.09 bits per heavy atom. The van der Waals surface area contributed by atoms with Crippen LogP contribution in [0.15, 0.2) is 35.6 Å². The van der Waals surface area contributed by atoms with E-state index in [1.807, 2.05) is 13.8 Å². The summed E-state index contributed by atoms with van der Waals surface area (Å²) >= 11 is 1.08. The highest BCUT2D eigenvalue weighted by atomic mass is 32.2. The number of nitrogens with zero attached hydrogens (tertiary/aromatic N) is 5. The van der Waals surface area contributed by atoms with E-state index >= 15 is 0 Å². The van der Waals surface area contributed by atoms with E-state index in [0.29, 0.717) is 48.1 Å². The van der Waals surface area contributed by atoms with Crippen molar-refractivity contribution in [3.05, 3.63) is 41.4 Å². The van der Waals surface area contributed by atoms with Gasteiger partial charge in [-0.05, 0) is 38.3 Å². The summed E-state index contributed by atoms with van der Waals surface area (Å²) in [5, 5.41) is 11.2. The molecule has 1 atom stereocenters. The van der Waals surface area contributed by atoms with Crippen molar-refractivity contribution in [3.8, 4) is 16.6 Å². The molecule has 0 spiro atoms. The first-order chi connectivity index (χ1) is 15.4. The number of amides is 1. The van der Waals surface area contributed by atoms with E-state index in [1.54, 1.807) is 6.07 Å². The van der Waals surface area contributed by atoms with Crippen LogP contribution in [0.2, 0.25) is 0 Å². The van der Waals surface area contributed by atoms with Crippen LogP contribution in [0.3, 0.4) is 0 Å². The van der Waals surface area contributed by atoms with Gasteiger partial charge in [0.2, 0.25) is 10.9 Å². The number of rotatable bonds is 9. The molecule has 3 heterocycles. The van der Waals surface area contributed by atoms with Crippen LogP contribution in [0, 0.1) is 0 Å². The maximum atomic E-state index is 12.8. The summed E-state index contributed by atoms with van der Waals surface area (Å²) in [5.74, 6) is -0.0591. The minimum absolute atomic E-state index is 0.156. The van der Waals surface area contributed by atoms with Crippen LogP contribution in [-0.4, -0.2) is 51.3 Å². The molecular formula is C20H22N6O4S2. The normalized spacial score (nSPS) is 14.7. The molecule has 168 valence electrons. The quantitative estimate of drug-likeness (QED) is 0.496. The largest absolute Gasteiger partial charge is 0.477 e. The first-order valence-corrected chi connectivity index (χ1v) is 12.6. The summed E-state index contributed by atoms with van der Waals surface area (Å²) < 4.78 is 30.4. The molecule has 1 N–H and O–H groups in total. The molecule has 0 saturated heterocycles. The van der Waals surface area contributed by atoms with Crippen molar-refractivity contribution in [2.45, 2.75) is 49.3 Å². The van der Waals surface area contributed by atoms with E-state index in [1.165, 1.54) is 24.7 Å². The Hall–Kier alpha value is -2.99. The third-order valence-electron chi connectivity index (χ3n) is 4.86. The number of nitrogens with one attached hydrogen (secondary N) is 1. The SMILES string of the molecule is CCOc1cncc(-c2nnc(C(=O)NC(CC)c3cc(S(=O)(=O)C4CC4)ccn3)s2)n1. The van der Waals surface area contributed by atoms with Gasteiger partial charge in [0.15, 0.2) is 14.8 Å². The van der Waals surface area contributed by atoms with Gasteiger partial charge in [-0.15, -0.1) is 10.2 Å². The summed E-state index contributed by atoms with van der Waals surface area (Å²) in [4.78, 5) is 25.7. The van der Waals surface area contributed by atoms with Gasteiger partial charge in [-0.25, -0.2) is 13.4 Å². The molecule has 1 amide bonds. The van der Waals surface area contributed by atoms with Crippen LogP contribution in [-0.2, 0) is 9.84 Å². The fourth-order valence-electron chi connectivity index (χ4n) is 3.06. The molecule has 12 heteroatoms. The minimum Gasteiger partial charge on any atom is -0.477 e. The number of carbonyl (C=O) groups is 1. The molecule has 10 nitrogen and oxygen atoms in total. The summed E-state index contributed by atoms with van der Waals surface area (Å²) in [5.41, 5.74) is 0.946. The van der Waals surface area contributed by atoms with Gasteiger partial charge in [-0.3, -0.25) is 14.8 Å². The first-order valence-electron chi connectivity index (χ1n) is 10.2. The molecule has 0 radical (unpaired) electrons. The van der Waals surface area contributed by atoms with E-state index in [0.717, 1.165) is 11.3 Å². The number of ether oxygens (including phenoxy) is 1. The second kappa shape index (κ2) is 9.25. The fourth-order valence-corrected chi connectivity index (χ4v) is 5.44. The van der Waals surface area contributed by atoms with Gasteiger partial charge in [0.25, 0.3) is 5.91 Å². The van der Waals surface area contributed by atoms with Crippen LogP contribution >= 0.6 is 11.3 Å². The van der Waals surface area contributed by atoms with E-state index in [9.17, 15) is 13.2 Å². The third kappa shape index (κ3) is 4.75. The zero-order chi connectivity index (χ0) is 22.7. The minimum atomic E-state index is -3.34. The van der Waals surface area contributed by atoms with Crippen molar-refractivity contribution in [2.75, 3.05) is 6.61 Å². The van der Waals surface area contributed by atoms with Gasteiger partial charge in [-0.1, -0.05) is 18.3 Å². The Morgan fingerprint density at radius 1 is 1.28 bits per heavy atom. The second-order valence-corrected chi connectivity index (χ2v) is 10.4. The highest BCUT2D eigenvalue weighted by Crippen LogP contribution is 2.34. The molecule has 1 unspecified atom stereocenters. The van der Waals surface area contributed by atoms with Crippen molar-refractivity contribution >= 4 is 27.1 Å². The van der Waals surface area contributed by atoms with Crippen molar-refractivity contribution in [1.82, 2.24) is 30.5 Å². The summed E-state index contributed by atoms with van der Waals surface area (Å²) in [6.07, 6.45) is 6.38. The van der Waals surface area contributed by atoms with E-state index in [-0.39, 0.29) is 15.2 Å². The lowest BCUT2D eigenvalue weighted by atomic mass is 10.1. The number of carbonyl (C=O) groups excluding carboxylic acids is 1. The maximum Gasteiger partial charge on any atom is 0.282 e. The number of hydrogen-bond donors (Lipinski definition) is 1. The van der Waals surface area contributed by atoms with Gasteiger partial charge >= 0.3 is 0 Å². The lowest BCUT2D eigenvalue weighted by Crippen LogP contribution is -2.29. The van der Waals surface area contributed by atoms with E-state index in [2.05, 4.69) is 30.5 Å². The Bertz CT molecular complexity index is 1230. The van der Waals surface area contributed by atoms with Gasteiger partial charge in [0, 0.05) is 6.20 Å². The van der Waals surface area contributed by atoms with Gasteiger partial charge in [-0.2, -0.15) is 0 Å². The topological polar surface area (TPSA) is 137 Å². The molecule has 1 aliphatic rings. The monoisotopic (exact) mass is 474 g/mol. The molecule has 3 aromatic rings. The van der Waals surface area contributed by atoms with Crippen molar-refractivity contribution in [1.29, 1.82) is 0 Å². The predicted octanol–water partition coefficient (Wildman–Crippen LogP) is 2.61. The number of aromatic nitrogens is 5. The Balaban J connectivity index is 1.50. The molecule has 32 heavy (non-hydrogen) atoms. The Labute approximate surface area is 189 Å². The average molecular weight is 475 g/mol. The summed E-state index contributed by atoms with van der Waals surface area (Å²) in [7, 11) is -3.34. The lowest BCUT2D eigenvalue weighted by molar-refractivity contribution is 0.0933. The molecule has 1 aliphatic carbocycles. The second-order valence-electron chi connectivity index (χ2n) is 7.18. The van der Waals surface area contributed by atoms with E-state index < -0.39 is 21.8 Å². The van der Waals surface area contributed by atoms with Crippen LogP contribution in [0.4, 0.5) is 0 Å². The van der Waals surface area contributed by atoms with Gasteiger partial charge in [0.05, 0.1) is 40.9 Å². The van der Waals surface area contributed by atoms with Crippen molar-refractivity contribution in [3.63, 3.8) is 0 Å². The highest BCUT2D eigenvalue weighted by molar-refractivity contribution is 7.92. The van der Waals surface area contributed by atoms with Crippen LogP contribution in [0.5, 0.6) is 5.88 Å². The van der Waals surface area contributed by atoms with Gasteiger partial charge < -0.3 is 10.1 Å². The van der Waals surface area contributed by atoms with E-state index in [4.69, 9.17) is 4.74 Å². The summed E-state index contributed by atoms with van der Waals surface area (Å²) in [6.45, 7) is 4.18. The fraction of sp³-hybridized carbons (Fsp3) is 0.400. The Morgan fingerprint density at radius 3 is 2.81 bits per heavy atom. The maximum absolute atomic E-state index is 12.8. The van der Waals surface area contributed by atoms with Crippen molar-refractivity contribution in [2.24, 2.45) is 0 Å². The molecule has 1 saturated carbocycles. The lowest BCUT2D eigenvalue weighted by Gasteiger charge is -2.16. The standard InChI is InChI=1S/C20H22N6O4S2/c1-3-14(15-9-13(7-8-22-15)32(28,29)12-5-6-12)24-18(27)20-26-25-19(31-20)16-10-21-11-17(23-16)30-4-2/h7-12,14H,3-6H2,1-2H3,(H,24,27). The molecule has 3 aromatic heterocycles. The summed E-state index contributed by atoms with van der Waals surface area (Å²) in [6, 6.07) is 2.58. The van der Waals surface area contributed by atoms with Gasteiger partial charge in [0.1, 0.15) is 5.69 Å². The Kier molecular flexibility index (Phi) is 6.42. The molecule has 0 aliphatic heterocycles. The zero-order valence-corrected chi connectivity index (χ0v) is 19.2. The zero-order valence-electron chi connectivity index (χ0n) is 17.6. The van der Waals surface area contributed by atoms with Crippen LogP contribution in [0.1, 0.15) is 54.6 Å². The van der Waals surface area contributed by atoms with Crippen LogP contribution in [0.25, 0.3) is 10.7 Å².